The molecule has 0 spiro atoms. The number of aliphatic hydroxyl groups is 1. The molecule has 0 saturated heterocycles. The molecule has 2 aromatic rings. The van der Waals surface area contributed by atoms with Gasteiger partial charge in [-0.2, -0.15) is 0 Å². The van der Waals surface area contributed by atoms with E-state index in [9.17, 15) is 5.11 Å². The number of aliphatic hydroxyl groups excluding tert-OH is 1. The molecule has 0 amide bonds. The number of rotatable bonds is 4. The zero-order valence-electron chi connectivity index (χ0n) is 12.8. The second kappa shape index (κ2) is 6.06. The number of hydrogen-bond acceptors (Lipinski definition) is 3. The molecule has 4 nitrogen and oxygen atoms in total. The summed E-state index contributed by atoms with van der Waals surface area (Å²) in [6.45, 7) is 3.28. The molecule has 0 radical (unpaired) electrons. The number of nitrogen functional groups attached to an aromatic ring is 1. The van der Waals surface area contributed by atoms with E-state index in [0.717, 1.165) is 40.9 Å². The predicted octanol–water partition coefficient (Wildman–Crippen LogP) is 3.33. The smallest absolute Gasteiger partial charge is 0.135 e. The Kier molecular flexibility index (Phi) is 4.15. The van der Waals surface area contributed by atoms with Crippen LogP contribution in [0.15, 0.2) is 18.2 Å². The number of fused-ring (bicyclic) bond motifs is 1. The summed E-state index contributed by atoms with van der Waals surface area (Å²) < 4.78 is 2.16. The largest absolute Gasteiger partial charge is 0.399 e. The van der Waals surface area contributed by atoms with E-state index >= 15 is 0 Å². The average Bonchev–Trinajstić information content (AvgIpc) is 2.82. The maximum atomic E-state index is 9.55. The minimum absolute atomic E-state index is 0.0182. The van der Waals surface area contributed by atoms with E-state index in [1.165, 1.54) is 32.1 Å². The van der Waals surface area contributed by atoms with Gasteiger partial charge in [0.25, 0.3) is 0 Å². The second-order valence-corrected chi connectivity index (χ2v) is 6.51. The minimum atomic E-state index is -0.0182. The Balaban J connectivity index is 1.79. The van der Waals surface area contributed by atoms with Crippen molar-refractivity contribution in [2.45, 2.75) is 52.2 Å². The fraction of sp³-hybridized carbons (Fsp3) is 0.588. The first kappa shape index (κ1) is 14.4. The number of aryl methyl sites for hydroxylation is 1. The van der Waals surface area contributed by atoms with Crippen LogP contribution in [0, 0.1) is 11.8 Å². The van der Waals surface area contributed by atoms with E-state index < -0.39 is 0 Å². The summed E-state index contributed by atoms with van der Waals surface area (Å²) in [7, 11) is 0. The van der Waals surface area contributed by atoms with E-state index in [4.69, 9.17) is 5.73 Å². The van der Waals surface area contributed by atoms with Gasteiger partial charge in [-0.3, -0.25) is 0 Å². The van der Waals surface area contributed by atoms with Crippen LogP contribution in [0.4, 0.5) is 5.69 Å². The van der Waals surface area contributed by atoms with Crippen LogP contribution >= 0.6 is 0 Å². The Morgan fingerprint density at radius 2 is 2.24 bits per heavy atom. The summed E-state index contributed by atoms with van der Waals surface area (Å²) >= 11 is 0. The quantitative estimate of drug-likeness (QED) is 0.848. The standard InChI is InChI=1S/C17H25N3O/c1-12-3-2-4-13(9-12)7-8-20-16-6-5-14(18)10-15(16)19-17(20)11-21/h5-6,10,12-13,21H,2-4,7-9,11,18H2,1H3. The highest BCUT2D eigenvalue weighted by molar-refractivity contribution is 5.79. The second-order valence-electron chi connectivity index (χ2n) is 6.51. The lowest BCUT2D eigenvalue weighted by Crippen LogP contribution is -2.16. The number of anilines is 1. The molecular formula is C17H25N3O. The molecule has 114 valence electrons. The van der Waals surface area contributed by atoms with Crippen LogP contribution in [-0.4, -0.2) is 14.7 Å². The summed E-state index contributed by atoms with van der Waals surface area (Å²) in [5.41, 5.74) is 8.51. The molecule has 1 aliphatic rings. The third kappa shape index (κ3) is 3.05. The number of benzene rings is 1. The van der Waals surface area contributed by atoms with Gasteiger partial charge in [0, 0.05) is 12.2 Å². The van der Waals surface area contributed by atoms with Gasteiger partial charge in [0.2, 0.25) is 0 Å². The molecule has 3 rings (SSSR count). The lowest BCUT2D eigenvalue weighted by Gasteiger charge is -2.27. The van der Waals surface area contributed by atoms with E-state index in [2.05, 4.69) is 16.5 Å². The van der Waals surface area contributed by atoms with Gasteiger partial charge in [0.15, 0.2) is 0 Å². The normalized spacial score (nSPS) is 22.8. The van der Waals surface area contributed by atoms with Gasteiger partial charge in [0.05, 0.1) is 11.0 Å². The molecule has 2 atom stereocenters. The van der Waals surface area contributed by atoms with Crippen molar-refractivity contribution in [2.75, 3.05) is 5.73 Å². The highest BCUT2D eigenvalue weighted by Gasteiger charge is 2.19. The van der Waals surface area contributed by atoms with Gasteiger partial charge in [-0.1, -0.05) is 26.2 Å². The van der Waals surface area contributed by atoms with Crippen LogP contribution in [0.3, 0.4) is 0 Å². The molecule has 1 fully saturated rings. The van der Waals surface area contributed by atoms with Crippen LogP contribution < -0.4 is 5.73 Å². The molecule has 0 bridgehead atoms. The Bertz CT molecular complexity index is 620. The number of imidazole rings is 1. The van der Waals surface area contributed by atoms with Crippen LogP contribution in [0.5, 0.6) is 0 Å². The number of nitrogens with two attached hydrogens (primary N) is 1. The Morgan fingerprint density at radius 3 is 3.00 bits per heavy atom. The Labute approximate surface area is 126 Å². The van der Waals surface area contributed by atoms with E-state index in [-0.39, 0.29) is 6.61 Å². The Hall–Kier alpha value is -1.55. The third-order valence-corrected chi connectivity index (χ3v) is 4.80. The molecule has 1 aromatic heterocycles. The molecule has 1 saturated carbocycles. The molecule has 1 heterocycles. The van der Waals surface area contributed by atoms with Gasteiger partial charge in [-0.05, 0) is 42.9 Å². The van der Waals surface area contributed by atoms with E-state index in [1.54, 1.807) is 0 Å². The summed E-state index contributed by atoms with van der Waals surface area (Å²) in [5, 5.41) is 9.55. The first-order valence-corrected chi connectivity index (χ1v) is 8.03. The molecule has 4 heteroatoms. The zero-order valence-corrected chi connectivity index (χ0v) is 12.8. The SMILES string of the molecule is CC1CCCC(CCn2c(CO)nc3cc(N)ccc32)C1. The van der Waals surface area contributed by atoms with E-state index in [0.29, 0.717) is 0 Å². The van der Waals surface area contributed by atoms with Gasteiger partial charge in [0.1, 0.15) is 12.4 Å². The van der Waals surface area contributed by atoms with Crippen molar-refractivity contribution in [1.82, 2.24) is 9.55 Å². The van der Waals surface area contributed by atoms with Crippen molar-refractivity contribution in [3.63, 3.8) is 0 Å². The van der Waals surface area contributed by atoms with Crippen molar-refractivity contribution in [2.24, 2.45) is 11.8 Å². The lowest BCUT2D eigenvalue weighted by atomic mass is 9.81. The monoisotopic (exact) mass is 287 g/mol. The molecule has 0 aliphatic heterocycles. The molecular weight excluding hydrogens is 262 g/mol. The molecule has 1 aliphatic carbocycles. The van der Waals surface area contributed by atoms with Crippen LogP contribution in [0.1, 0.15) is 44.9 Å². The summed E-state index contributed by atoms with van der Waals surface area (Å²) in [6.07, 6.45) is 6.60. The maximum Gasteiger partial charge on any atom is 0.135 e. The number of hydrogen-bond donors (Lipinski definition) is 2. The summed E-state index contributed by atoms with van der Waals surface area (Å²) in [4.78, 5) is 4.50. The lowest BCUT2D eigenvalue weighted by molar-refractivity contribution is 0.248. The summed E-state index contributed by atoms with van der Waals surface area (Å²) in [5.74, 6) is 2.42. The highest BCUT2D eigenvalue weighted by atomic mass is 16.3. The first-order valence-electron chi connectivity index (χ1n) is 8.03. The van der Waals surface area contributed by atoms with Gasteiger partial charge < -0.3 is 15.4 Å². The highest BCUT2D eigenvalue weighted by Crippen LogP contribution is 2.31. The zero-order chi connectivity index (χ0) is 14.8. The third-order valence-electron chi connectivity index (χ3n) is 4.80. The van der Waals surface area contributed by atoms with Crippen molar-refractivity contribution in [3.05, 3.63) is 24.0 Å². The van der Waals surface area contributed by atoms with Gasteiger partial charge in [-0.25, -0.2) is 4.98 Å². The topological polar surface area (TPSA) is 64.1 Å². The fourth-order valence-electron chi connectivity index (χ4n) is 3.70. The van der Waals surface area contributed by atoms with Gasteiger partial charge >= 0.3 is 0 Å². The molecule has 1 aromatic carbocycles. The molecule has 21 heavy (non-hydrogen) atoms. The van der Waals surface area contributed by atoms with Crippen molar-refractivity contribution >= 4 is 16.7 Å². The first-order chi connectivity index (χ1) is 10.2. The van der Waals surface area contributed by atoms with Crippen molar-refractivity contribution < 1.29 is 5.11 Å². The molecule has 2 unspecified atom stereocenters. The van der Waals surface area contributed by atoms with Crippen molar-refractivity contribution in [1.29, 1.82) is 0 Å². The van der Waals surface area contributed by atoms with Crippen LogP contribution in [0.25, 0.3) is 11.0 Å². The molecule has 3 N–H and O–H groups in total. The van der Waals surface area contributed by atoms with E-state index in [1.807, 2.05) is 18.2 Å². The van der Waals surface area contributed by atoms with Gasteiger partial charge in [-0.15, -0.1) is 0 Å². The average molecular weight is 287 g/mol. The predicted molar refractivity (Wildman–Crippen MR) is 85.8 cm³/mol. The fourth-order valence-corrected chi connectivity index (χ4v) is 3.70. The van der Waals surface area contributed by atoms with Crippen molar-refractivity contribution in [3.8, 4) is 0 Å². The van der Waals surface area contributed by atoms with Crippen LogP contribution in [0.2, 0.25) is 0 Å². The Morgan fingerprint density at radius 1 is 1.38 bits per heavy atom. The summed E-state index contributed by atoms with van der Waals surface area (Å²) in [6, 6.07) is 5.80. The minimum Gasteiger partial charge on any atom is -0.399 e. The maximum absolute atomic E-state index is 9.55. The van der Waals surface area contributed by atoms with Crippen LogP contribution in [-0.2, 0) is 13.2 Å². The number of aromatic nitrogens is 2. The number of nitrogens with zero attached hydrogens (tertiary/aromatic N) is 2.